The van der Waals surface area contributed by atoms with Crippen molar-refractivity contribution in [3.05, 3.63) is 58.4 Å². The smallest absolute Gasteiger partial charge is 0.130 e. The van der Waals surface area contributed by atoms with Crippen LogP contribution in [0.3, 0.4) is 0 Å². The minimum absolute atomic E-state index is 0.0725. The lowest BCUT2D eigenvalue weighted by atomic mass is 10.1. The molecule has 4 nitrogen and oxygen atoms in total. The lowest BCUT2D eigenvalue weighted by Gasteiger charge is -2.14. The maximum absolute atomic E-state index is 7.49. The van der Waals surface area contributed by atoms with Crippen molar-refractivity contribution in [2.45, 2.75) is 27.4 Å². The van der Waals surface area contributed by atoms with Gasteiger partial charge in [0.1, 0.15) is 18.2 Å². The molecule has 0 aliphatic heterocycles. The van der Waals surface area contributed by atoms with Crippen molar-refractivity contribution in [1.82, 2.24) is 4.98 Å². The summed E-state index contributed by atoms with van der Waals surface area (Å²) in [5, 5.41) is 7.49. The van der Waals surface area contributed by atoms with Crippen LogP contribution in [0.1, 0.15) is 27.9 Å². The monoisotopic (exact) mass is 269 g/mol. The van der Waals surface area contributed by atoms with Gasteiger partial charge in [0, 0.05) is 11.8 Å². The van der Waals surface area contributed by atoms with Crippen LogP contribution < -0.4 is 10.5 Å². The Balaban J connectivity index is 2.22. The number of aryl methyl sites for hydroxylation is 3. The number of nitrogens with one attached hydrogen (secondary N) is 1. The Kier molecular flexibility index (Phi) is 4.03. The van der Waals surface area contributed by atoms with Crippen molar-refractivity contribution in [3.8, 4) is 5.75 Å². The van der Waals surface area contributed by atoms with Crippen molar-refractivity contribution in [1.29, 1.82) is 5.41 Å². The third-order valence-corrected chi connectivity index (χ3v) is 3.24. The zero-order chi connectivity index (χ0) is 14.7. The maximum Gasteiger partial charge on any atom is 0.130 e. The summed E-state index contributed by atoms with van der Waals surface area (Å²) >= 11 is 0. The standard InChI is InChI=1S/C16H19N3O/c1-10-5-4-6-19-14(10)9-20-15-11(2)7-13(16(17)18)8-12(15)3/h4-8H,9H2,1-3H3,(H3,17,18). The number of hydrogen-bond donors (Lipinski definition) is 2. The van der Waals surface area contributed by atoms with E-state index in [0.717, 1.165) is 33.7 Å². The van der Waals surface area contributed by atoms with Gasteiger partial charge in [0.15, 0.2) is 0 Å². The van der Waals surface area contributed by atoms with E-state index in [1.54, 1.807) is 6.20 Å². The highest BCUT2D eigenvalue weighted by atomic mass is 16.5. The first-order valence-corrected chi connectivity index (χ1v) is 6.48. The summed E-state index contributed by atoms with van der Waals surface area (Å²) in [4.78, 5) is 4.32. The quantitative estimate of drug-likeness (QED) is 0.662. The van der Waals surface area contributed by atoms with Crippen molar-refractivity contribution < 1.29 is 4.74 Å². The van der Waals surface area contributed by atoms with Crippen LogP contribution >= 0.6 is 0 Å². The molecule has 1 aromatic carbocycles. The molecule has 0 spiro atoms. The van der Waals surface area contributed by atoms with Crippen LogP contribution in [0.2, 0.25) is 0 Å². The van der Waals surface area contributed by atoms with Gasteiger partial charge in [0.05, 0.1) is 5.69 Å². The van der Waals surface area contributed by atoms with Gasteiger partial charge in [-0.15, -0.1) is 0 Å². The predicted octanol–water partition coefficient (Wildman–Crippen LogP) is 2.87. The molecule has 0 amide bonds. The fourth-order valence-corrected chi connectivity index (χ4v) is 2.14. The Labute approximate surface area is 119 Å². The largest absolute Gasteiger partial charge is 0.487 e. The number of pyridine rings is 1. The van der Waals surface area contributed by atoms with Crippen LogP contribution in [-0.2, 0) is 6.61 Å². The van der Waals surface area contributed by atoms with E-state index < -0.39 is 0 Å². The maximum atomic E-state index is 7.49. The molecule has 2 rings (SSSR count). The van der Waals surface area contributed by atoms with E-state index in [1.807, 2.05) is 45.0 Å². The topological polar surface area (TPSA) is 72.0 Å². The van der Waals surface area contributed by atoms with Gasteiger partial charge >= 0.3 is 0 Å². The van der Waals surface area contributed by atoms with Crippen LogP contribution in [0.5, 0.6) is 5.75 Å². The van der Waals surface area contributed by atoms with Crippen LogP contribution in [0.15, 0.2) is 30.5 Å². The van der Waals surface area contributed by atoms with Crippen LogP contribution in [0.4, 0.5) is 0 Å². The number of benzene rings is 1. The molecule has 0 fully saturated rings. The van der Waals surface area contributed by atoms with Gasteiger partial charge in [0.2, 0.25) is 0 Å². The summed E-state index contributed by atoms with van der Waals surface area (Å²) in [7, 11) is 0. The minimum Gasteiger partial charge on any atom is -0.487 e. The second-order valence-electron chi connectivity index (χ2n) is 4.91. The Morgan fingerprint density at radius 2 is 1.85 bits per heavy atom. The van der Waals surface area contributed by atoms with Crippen LogP contribution in [-0.4, -0.2) is 10.8 Å². The summed E-state index contributed by atoms with van der Waals surface area (Å²) in [6, 6.07) is 7.67. The summed E-state index contributed by atoms with van der Waals surface area (Å²) in [5.41, 5.74) is 10.2. The highest BCUT2D eigenvalue weighted by molar-refractivity contribution is 5.95. The lowest BCUT2D eigenvalue weighted by molar-refractivity contribution is 0.296. The summed E-state index contributed by atoms with van der Waals surface area (Å²) < 4.78 is 5.90. The van der Waals surface area contributed by atoms with Crippen molar-refractivity contribution >= 4 is 5.84 Å². The predicted molar refractivity (Wildman–Crippen MR) is 80.2 cm³/mol. The van der Waals surface area contributed by atoms with Gasteiger partial charge < -0.3 is 10.5 Å². The molecule has 2 aromatic rings. The number of hydrogen-bond acceptors (Lipinski definition) is 3. The summed E-state index contributed by atoms with van der Waals surface area (Å²) in [5.74, 6) is 0.906. The summed E-state index contributed by atoms with van der Waals surface area (Å²) in [6.45, 7) is 6.37. The Bertz CT molecular complexity index is 627. The molecule has 0 saturated heterocycles. The van der Waals surface area contributed by atoms with E-state index in [1.165, 1.54) is 0 Å². The Morgan fingerprint density at radius 1 is 1.20 bits per heavy atom. The van der Waals surface area contributed by atoms with Gasteiger partial charge in [-0.05, 0) is 55.7 Å². The molecule has 4 heteroatoms. The molecule has 1 aromatic heterocycles. The highest BCUT2D eigenvalue weighted by Crippen LogP contribution is 2.25. The molecule has 20 heavy (non-hydrogen) atoms. The van der Waals surface area contributed by atoms with Crippen LogP contribution in [0, 0.1) is 26.2 Å². The molecule has 0 unspecified atom stereocenters. The average Bonchev–Trinajstić information content (AvgIpc) is 2.39. The second kappa shape index (κ2) is 5.74. The van der Waals surface area contributed by atoms with E-state index in [9.17, 15) is 0 Å². The third kappa shape index (κ3) is 2.96. The van der Waals surface area contributed by atoms with Gasteiger partial charge in [-0.1, -0.05) is 6.07 Å². The second-order valence-corrected chi connectivity index (χ2v) is 4.91. The molecular formula is C16H19N3O. The first-order valence-electron chi connectivity index (χ1n) is 6.48. The molecule has 0 bridgehead atoms. The number of ether oxygens (including phenoxy) is 1. The number of rotatable bonds is 4. The Hall–Kier alpha value is -2.36. The van der Waals surface area contributed by atoms with Crippen molar-refractivity contribution in [2.24, 2.45) is 5.73 Å². The number of nitrogen functional groups attached to an aromatic ring is 1. The Morgan fingerprint density at radius 3 is 2.40 bits per heavy atom. The molecule has 1 heterocycles. The summed E-state index contributed by atoms with van der Waals surface area (Å²) in [6.07, 6.45) is 1.77. The molecule has 0 atom stereocenters. The molecular weight excluding hydrogens is 250 g/mol. The van der Waals surface area contributed by atoms with E-state index in [2.05, 4.69) is 4.98 Å². The SMILES string of the molecule is Cc1cccnc1COc1c(C)cc(C(=N)N)cc1C. The van der Waals surface area contributed by atoms with E-state index in [0.29, 0.717) is 6.61 Å². The first kappa shape index (κ1) is 14.1. The number of nitrogens with zero attached hydrogens (tertiary/aromatic N) is 1. The van der Waals surface area contributed by atoms with Gasteiger partial charge in [-0.25, -0.2) is 0 Å². The molecule has 104 valence electrons. The lowest BCUT2D eigenvalue weighted by Crippen LogP contribution is -2.12. The normalized spacial score (nSPS) is 10.3. The van der Waals surface area contributed by atoms with Gasteiger partial charge in [-0.2, -0.15) is 0 Å². The third-order valence-electron chi connectivity index (χ3n) is 3.24. The fraction of sp³-hybridized carbons (Fsp3) is 0.250. The number of amidine groups is 1. The van der Waals surface area contributed by atoms with E-state index in [-0.39, 0.29) is 5.84 Å². The minimum atomic E-state index is 0.0725. The molecule has 0 radical (unpaired) electrons. The zero-order valence-electron chi connectivity index (χ0n) is 12.0. The molecule has 0 aliphatic rings. The number of nitrogens with two attached hydrogens (primary N) is 1. The molecule has 0 aliphatic carbocycles. The average molecular weight is 269 g/mol. The van der Waals surface area contributed by atoms with E-state index in [4.69, 9.17) is 15.9 Å². The van der Waals surface area contributed by atoms with E-state index >= 15 is 0 Å². The first-order chi connectivity index (χ1) is 9.49. The molecule has 3 N–H and O–H groups in total. The molecule has 0 saturated carbocycles. The zero-order valence-corrected chi connectivity index (χ0v) is 12.0. The fourth-order valence-electron chi connectivity index (χ4n) is 2.14. The van der Waals surface area contributed by atoms with Gasteiger partial charge in [-0.3, -0.25) is 10.4 Å². The van der Waals surface area contributed by atoms with Crippen molar-refractivity contribution in [2.75, 3.05) is 0 Å². The van der Waals surface area contributed by atoms with Crippen molar-refractivity contribution in [3.63, 3.8) is 0 Å². The highest BCUT2D eigenvalue weighted by Gasteiger charge is 2.09. The van der Waals surface area contributed by atoms with Gasteiger partial charge in [0.25, 0.3) is 0 Å². The van der Waals surface area contributed by atoms with Crippen LogP contribution in [0.25, 0.3) is 0 Å². The number of aromatic nitrogens is 1.